The van der Waals surface area contributed by atoms with E-state index in [1.807, 2.05) is 44.2 Å². The van der Waals surface area contributed by atoms with Gasteiger partial charge in [0.1, 0.15) is 5.82 Å². The van der Waals surface area contributed by atoms with Crippen LogP contribution in [0.2, 0.25) is 0 Å². The third kappa shape index (κ3) is 2.16. The van der Waals surface area contributed by atoms with Crippen molar-refractivity contribution in [3.05, 3.63) is 36.2 Å². The maximum Gasteiger partial charge on any atom is 0.181 e. The average molecular weight is 244 g/mol. The largest absolute Gasteiger partial charge is 0.325 e. The van der Waals surface area contributed by atoms with Crippen LogP contribution in [0.15, 0.2) is 30.3 Å². The van der Waals surface area contributed by atoms with Crippen molar-refractivity contribution in [2.45, 2.75) is 38.6 Å². The van der Waals surface area contributed by atoms with Crippen LogP contribution in [0.3, 0.4) is 0 Å². The molecule has 0 aliphatic heterocycles. The Morgan fingerprint density at radius 1 is 1.06 bits per heavy atom. The fourth-order valence-corrected chi connectivity index (χ4v) is 1.56. The van der Waals surface area contributed by atoms with E-state index < -0.39 is 0 Å². The van der Waals surface area contributed by atoms with E-state index in [-0.39, 0.29) is 11.0 Å². The molecule has 96 valence electrons. The van der Waals surface area contributed by atoms with Gasteiger partial charge in [-0.05, 0) is 13.8 Å². The second-order valence-corrected chi connectivity index (χ2v) is 5.72. The minimum Gasteiger partial charge on any atom is -0.325 e. The van der Waals surface area contributed by atoms with Gasteiger partial charge in [-0.25, -0.2) is 4.98 Å². The molecule has 0 bridgehead atoms. The van der Waals surface area contributed by atoms with Crippen molar-refractivity contribution in [1.29, 1.82) is 0 Å². The molecule has 1 heterocycles. The summed E-state index contributed by atoms with van der Waals surface area (Å²) in [6.45, 7) is 8.14. The highest BCUT2D eigenvalue weighted by atomic mass is 15.2. The summed E-state index contributed by atoms with van der Waals surface area (Å²) in [5, 5.41) is 7.28. The van der Waals surface area contributed by atoms with Crippen LogP contribution < -0.4 is 5.73 Å². The first-order valence-electron chi connectivity index (χ1n) is 6.09. The zero-order valence-corrected chi connectivity index (χ0v) is 11.4. The van der Waals surface area contributed by atoms with Crippen molar-refractivity contribution in [2.24, 2.45) is 5.73 Å². The molecule has 0 radical (unpaired) electrons. The number of hydrogen-bond acceptors (Lipinski definition) is 3. The lowest BCUT2D eigenvalue weighted by Crippen LogP contribution is -2.50. The van der Waals surface area contributed by atoms with Gasteiger partial charge in [0.25, 0.3) is 0 Å². The molecule has 0 unspecified atom stereocenters. The Labute approximate surface area is 108 Å². The Kier molecular flexibility index (Phi) is 2.99. The highest BCUT2D eigenvalue weighted by Crippen LogP contribution is 2.31. The van der Waals surface area contributed by atoms with Gasteiger partial charge in [-0.1, -0.05) is 44.2 Å². The molecule has 0 atom stereocenters. The first-order valence-corrected chi connectivity index (χ1v) is 6.09. The number of rotatable bonds is 3. The molecule has 3 N–H and O–H groups in total. The molecule has 2 rings (SSSR count). The number of benzene rings is 1. The van der Waals surface area contributed by atoms with Crippen LogP contribution in [-0.4, -0.2) is 20.7 Å². The molecule has 0 saturated heterocycles. The molecule has 1 aromatic carbocycles. The van der Waals surface area contributed by atoms with Crippen LogP contribution in [0.5, 0.6) is 0 Å². The summed E-state index contributed by atoms with van der Waals surface area (Å²) in [5.74, 6) is 1.52. The fourth-order valence-electron chi connectivity index (χ4n) is 1.56. The van der Waals surface area contributed by atoms with Gasteiger partial charge in [0, 0.05) is 16.5 Å². The predicted molar refractivity (Wildman–Crippen MR) is 73.1 cm³/mol. The normalized spacial score (nSPS) is 12.7. The van der Waals surface area contributed by atoms with Gasteiger partial charge in [-0.15, -0.1) is 0 Å². The van der Waals surface area contributed by atoms with E-state index in [0.717, 1.165) is 11.4 Å². The smallest absolute Gasteiger partial charge is 0.181 e. The molecule has 0 amide bonds. The molecular formula is C14H20N4. The zero-order valence-electron chi connectivity index (χ0n) is 11.4. The third-order valence-electron chi connectivity index (χ3n) is 3.72. The van der Waals surface area contributed by atoms with Crippen LogP contribution in [-0.2, 0) is 5.41 Å². The van der Waals surface area contributed by atoms with Crippen molar-refractivity contribution in [2.75, 3.05) is 0 Å². The van der Waals surface area contributed by atoms with Crippen LogP contribution in [0, 0.1) is 0 Å². The second-order valence-electron chi connectivity index (χ2n) is 5.72. The van der Waals surface area contributed by atoms with E-state index in [1.54, 1.807) is 0 Å². The number of nitrogens with two attached hydrogens (primary N) is 1. The number of nitrogens with zero attached hydrogens (tertiary/aromatic N) is 2. The molecule has 0 aliphatic carbocycles. The molecule has 0 fully saturated rings. The Bertz CT molecular complexity index is 520. The number of aromatic amines is 1. The summed E-state index contributed by atoms with van der Waals surface area (Å²) in [6, 6.07) is 9.91. The van der Waals surface area contributed by atoms with E-state index in [1.165, 1.54) is 0 Å². The highest BCUT2D eigenvalue weighted by Gasteiger charge is 2.38. The Balaban J connectivity index is 2.38. The SMILES string of the molecule is CC(C)(N)C(C)(C)c1nc(-c2ccccc2)n[nH]1. The van der Waals surface area contributed by atoms with E-state index in [2.05, 4.69) is 29.0 Å². The average Bonchev–Trinajstić information content (AvgIpc) is 2.78. The Morgan fingerprint density at radius 2 is 1.67 bits per heavy atom. The third-order valence-corrected chi connectivity index (χ3v) is 3.72. The molecular weight excluding hydrogens is 224 g/mol. The fraction of sp³-hybridized carbons (Fsp3) is 0.429. The molecule has 4 nitrogen and oxygen atoms in total. The van der Waals surface area contributed by atoms with Gasteiger partial charge in [0.2, 0.25) is 0 Å². The molecule has 0 spiro atoms. The Morgan fingerprint density at radius 3 is 2.22 bits per heavy atom. The summed E-state index contributed by atoms with van der Waals surface area (Å²) >= 11 is 0. The van der Waals surface area contributed by atoms with Gasteiger partial charge >= 0.3 is 0 Å². The standard InChI is InChI=1S/C14H20N4/c1-13(2,14(3,4)15)12-16-11(17-18-12)10-8-6-5-7-9-10/h5-9H,15H2,1-4H3,(H,16,17,18). The molecule has 0 saturated carbocycles. The number of H-pyrrole nitrogens is 1. The first kappa shape index (κ1) is 12.8. The Hall–Kier alpha value is -1.68. The predicted octanol–water partition coefficient (Wildman–Crippen LogP) is 2.49. The van der Waals surface area contributed by atoms with Gasteiger partial charge in [-0.3, -0.25) is 5.10 Å². The summed E-state index contributed by atoms with van der Waals surface area (Å²) in [7, 11) is 0. The lowest BCUT2D eigenvalue weighted by Gasteiger charge is -2.36. The van der Waals surface area contributed by atoms with Crippen molar-refractivity contribution in [3.63, 3.8) is 0 Å². The number of aromatic nitrogens is 3. The van der Waals surface area contributed by atoms with Crippen molar-refractivity contribution < 1.29 is 0 Å². The molecule has 1 aromatic heterocycles. The second kappa shape index (κ2) is 4.21. The summed E-state index contributed by atoms with van der Waals surface area (Å²) in [5.41, 5.74) is 6.57. The molecule has 2 aromatic rings. The van der Waals surface area contributed by atoms with Crippen molar-refractivity contribution in [3.8, 4) is 11.4 Å². The monoisotopic (exact) mass is 244 g/mol. The van der Waals surface area contributed by atoms with Crippen molar-refractivity contribution >= 4 is 0 Å². The van der Waals surface area contributed by atoms with E-state index in [0.29, 0.717) is 5.82 Å². The molecule has 0 aliphatic rings. The first-order chi connectivity index (χ1) is 8.32. The summed E-state index contributed by atoms with van der Waals surface area (Å²) < 4.78 is 0. The van der Waals surface area contributed by atoms with E-state index >= 15 is 0 Å². The maximum atomic E-state index is 6.21. The lowest BCUT2D eigenvalue weighted by molar-refractivity contribution is 0.292. The molecule has 18 heavy (non-hydrogen) atoms. The van der Waals surface area contributed by atoms with Crippen LogP contribution >= 0.6 is 0 Å². The quantitative estimate of drug-likeness (QED) is 0.871. The summed E-state index contributed by atoms with van der Waals surface area (Å²) in [6.07, 6.45) is 0. The van der Waals surface area contributed by atoms with Gasteiger partial charge < -0.3 is 5.73 Å². The van der Waals surface area contributed by atoms with Gasteiger partial charge in [-0.2, -0.15) is 5.10 Å². The highest BCUT2D eigenvalue weighted by molar-refractivity contribution is 5.54. The number of hydrogen-bond donors (Lipinski definition) is 2. The van der Waals surface area contributed by atoms with Crippen LogP contribution in [0.25, 0.3) is 11.4 Å². The van der Waals surface area contributed by atoms with Crippen LogP contribution in [0.1, 0.15) is 33.5 Å². The maximum absolute atomic E-state index is 6.21. The van der Waals surface area contributed by atoms with E-state index in [9.17, 15) is 0 Å². The summed E-state index contributed by atoms with van der Waals surface area (Å²) in [4.78, 5) is 4.57. The van der Waals surface area contributed by atoms with E-state index in [4.69, 9.17) is 5.73 Å². The van der Waals surface area contributed by atoms with Crippen molar-refractivity contribution in [1.82, 2.24) is 15.2 Å². The zero-order chi connectivity index (χ0) is 13.4. The topological polar surface area (TPSA) is 67.6 Å². The minimum atomic E-state index is -0.375. The molecule has 4 heteroatoms. The lowest BCUT2D eigenvalue weighted by atomic mass is 9.74. The number of nitrogens with one attached hydrogen (secondary N) is 1. The van der Waals surface area contributed by atoms with Crippen LogP contribution in [0.4, 0.5) is 0 Å². The minimum absolute atomic E-state index is 0.271. The van der Waals surface area contributed by atoms with Gasteiger partial charge in [0.05, 0.1) is 0 Å². The van der Waals surface area contributed by atoms with Gasteiger partial charge in [0.15, 0.2) is 5.82 Å².